The van der Waals surface area contributed by atoms with Crippen LogP contribution in [0.3, 0.4) is 0 Å². The Morgan fingerprint density at radius 1 is 1.12 bits per heavy atom. The topological polar surface area (TPSA) is 125 Å². The molecule has 3 amide bonds. The zero-order valence-electron chi connectivity index (χ0n) is 31.1. The molecule has 3 fully saturated rings. The number of amides is 3. The molecule has 1 aromatic rings. The highest BCUT2D eigenvalue weighted by molar-refractivity contribution is 9.09. The number of hydrogen-bond donors (Lipinski definition) is 2. The van der Waals surface area contributed by atoms with Crippen LogP contribution in [0.15, 0.2) is 55.6 Å². The van der Waals surface area contributed by atoms with Crippen LogP contribution in [-0.4, -0.2) is 93.0 Å². The first-order valence-corrected chi connectivity index (χ1v) is 19.3. The number of unbranched alkanes of at least 4 members (excludes halogenated alkanes) is 3. The van der Waals surface area contributed by atoms with E-state index < -0.39 is 47.2 Å². The lowest BCUT2D eigenvalue weighted by atomic mass is 9.70. The molecule has 0 aliphatic carbocycles. The fourth-order valence-electron chi connectivity index (χ4n) is 8.61. The summed E-state index contributed by atoms with van der Waals surface area (Å²) in [5.41, 5.74) is -1.18. The molecule has 3 heterocycles. The van der Waals surface area contributed by atoms with E-state index in [0.717, 1.165) is 12.8 Å². The van der Waals surface area contributed by atoms with Crippen molar-refractivity contribution in [2.24, 2.45) is 17.3 Å². The number of halogens is 1. The van der Waals surface area contributed by atoms with Crippen LogP contribution < -0.4 is 5.32 Å². The van der Waals surface area contributed by atoms with E-state index in [0.29, 0.717) is 50.8 Å². The van der Waals surface area contributed by atoms with E-state index in [-0.39, 0.29) is 47.5 Å². The van der Waals surface area contributed by atoms with Crippen LogP contribution in [0.2, 0.25) is 0 Å². The Morgan fingerprint density at radius 3 is 2.43 bits per heavy atom. The first kappa shape index (κ1) is 40.7. The van der Waals surface area contributed by atoms with E-state index in [2.05, 4.69) is 55.2 Å². The van der Waals surface area contributed by atoms with Crippen molar-refractivity contribution < 1.29 is 33.8 Å². The number of rotatable bonds is 19. The van der Waals surface area contributed by atoms with Crippen molar-refractivity contribution in [1.82, 2.24) is 15.1 Å². The largest absolute Gasteiger partial charge is 0.455 e. The minimum Gasteiger partial charge on any atom is -0.455 e. The van der Waals surface area contributed by atoms with Gasteiger partial charge in [0.1, 0.15) is 17.7 Å². The summed E-state index contributed by atoms with van der Waals surface area (Å²) in [6.07, 6.45) is 6.69. The van der Waals surface area contributed by atoms with Gasteiger partial charge in [-0.15, -0.1) is 13.2 Å². The number of aliphatic hydroxyl groups is 1. The van der Waals surface area contributed by atoms with Gasteiger partial charge in [0.15, 0.2) is 0 Å². The molecule has 3 aliphatic heterocycles. The van der Waals surface area contributed by atoms with Crippen LogP contribution in [0, 0.1) is 17.3 Å². The zero-order chi connectivity index (χ0) is 37.6. The van der Waals surface area contributed by atoms with Crippen molar-refractivity contribution in [3.8, 4) is 0 Å². The number of ether oxygens (including phenoxy) is 2. The van der Waals surface area contributed by atoms with Crippen LogP contribution in [0.5, 0.6) is 0 Å². The molecule has 4 rings (SSSR count). The number of allylic oxidation sites excluding steroid dienone is 1. The highest BCUT2D eigenvalue weighted by atomic mass is 79.9. The van der Waals surface area contributed by atoms with Gasteiger partial charge in [0.2, 0.25) is 17.7 Å². The van der Waals surface area contributed by atoms with Crippen molar-refractivity contribution in [2.45, 2.75) is 120 Å². The number of carbonyl (C=O) groups excluding carboxylic acids is 4. The lowest BCUT2D eigenvalue weighted by Crippen LogP contribution is -2.61. The number of alkyl halides is 1. The van der Waals surface area contributed by atoms with Gasteiger partial charge < -0.3 is 29.7 Å². The third-order valence-electron chi connectivity index (χ3n) is 10.4. The van der Waals surface area contributed by atoms with E-state index in [1.54, 1.807) is 17.1 Å². The van der Waals surface area contributed by atoms with Crippen molar-refractivity contribution in [3.05, 3.63) is 61.2 Å². The smallest absolute Gasteiger partial charge is 0.313 e. The Morgan fingerprint density at radius 2 is 1.80 bits per heavy atom. The normalized spacial score (nSPS) is 26.1. The molecule has 51 heavy (non-hydrogen) atoms. The molecular formula is C40H58BrN3O7. The molecular weight excluding hydrogens is 714 g/mol. The first-order valence-electron chi connectivity index (χ1n) is 18.4. The summed E-state index contributed by atoms with van der Waals surface area (Å²) in [5, 5.41) is 12.2. The number of esters is 1. The number of aliphatic hydroxyl groups excluding tert-OH is 1. The van der Waals surface area contributed by atoms with Crippen molar-refractivity contribution in [3.63, 3.8) is 0 Å². The van der Waals surface area contributed by atoms with E-state index in [1.807, 2.05) is 49.1 Å². The molecule has 2 N–H and O–H groups in total. The number of likely N-dealkylation sites (tertiary alicyclic amines) is 1. The maximum absolute atomic E-state index is 15.0. The summed E-state index contributed by atoms with van der Waals surface area (Å²) in [4.78, 5) is 59.8. The molecule has 1 unspecified atom stereocenters. The summed E-state index contributed by atoms with van der Waals surface area (Å²) < 4.78 is 13.0. The number of nitrogens with one attached hydrogen (secondary N) is 1. The second-order valence-corrected chi connectivity index (χ2v) is 17.3. The van der Waals surface area contributed by atoms with Gasteiger partial charge >= 0.3 is 5.97 Å². The molecule has 0 radical (unpaired) electrons. The van der Waals surface area contributed by atoms with E-state index in [1.165, 1.54) is 0 Å². The highest BCUT2D eigenvalue weighted by Crippen LogP contribution is 2.60. The lowest BCUT2D eigenvalue weighted by Gasteiger charge is -2.45. The number of carbonyl (C=O) groups is 4. The van der Waals surface area contributed by atoms with Crippen LogP contribution in [0.25, 0.3) is 0 Å². The average molecular weight is 773 g/mol. The van der Waals surface area contributed by atoms with E-state index in [4.69, 9.17) is 9.47 Å². The second-order valence-electron chi connectivity index (χ2n) is 16.1. The quantitative estimate of drug-likeness (QED) is 0.0779. The monoisotopic (exact) mass is 771 g/mol. The highest BCUT2D eigenvalue weighted by Gasteiger charge is 2.77. The Kier molecular flexibility index (Phi) is 13.7. The third kappa shape index (κ3) is 9.14. The second kappa shape index (κ2) is 17.2. The summed E-state index contributed by atoms with van der Waals surface area (Å²) >= 11 is 3.77. The summed E-state index contributed by atoms with van der Waals surface area (Å²) in [6, 6.07) is 8.27. The fraction of sp³-hybridized carbons (Fsp3) is 0.650. The molecule has 7 atom stereocenters. The van der Waals surface area contributed by atoms with Crippen LogP contribution >= 0.6 is 15.9 Å². The van der Waals surface area contributed by atoms with Gasteiger partial charge in [-0.2, -0.15) is 0 Å². The molecule has 3 aliphatic rings. The molecule has 1 spiro atoms. The van der Waals surface area contributed by atoms with Crippen molar-refractivity contribution in [1.29, 1.82) is 0 Å². The van der Waals surface area contributed by atoms with E-state index >= 15 is 4.79 Å². The molecule has 282 valence electrons. The van der Waals surface area contributed by atoms with Crippen molar-refractivity contribution in [2.75, 3.05) is 26.2 Å². The van der Waals surface area contributed by atoms with E-state index in [9.17, 15) is 19.5 Å². The van der Waals surface area contributed by atoms with Gasteiger partial charge in [0.05, 0.1) is 24.5 Å². The SMILES string of the molecule is C=CCCC(=O)NC[C@@H](OC(=O)[C@@H]1[C@H]2O[C@@]3(CC2Br)[C@H](C(=O)N(CC=C)C(C)(C)CC(C)(C)C)N(CCCCCCO)C(=O)[C@@H]13)c1ccccc1. The van der Waals surface area contributed by atoms with Gasteiger partial charge in [0, 0.05) is 36.5 Å². The summed E-state index contributed by atoms with van der Waals surface area (Å²) in [7, 11) is 0. The Balaban J connectivity index is 1.70. The van der Waals surface area contributed by atoms with Gasteiger partial charge in [0.25, 0.3) is 0 Å². The maximum Gasteiger partial charge on any atom is 0.313 e. The minimum atomic E-state index is -1.24. The molecule has 2 bridgehead atoms. The van der Waals surface area contributed by atoms with Crippen LogP contribution in [-0.2, 0) is 28.7 Å². The van der Waals surface area contributed by atoms with Crippen molar-refractivity contribution >= 4 is 39.6 Å². The predicted molar refractivity (Wildman–Crippen MR) is 201 cm³/mol. The van der Waals surface area contributed by atoms with Gasteiger partial charge in [-0.25, -0.2) is 0 Å². The summed E-state index contributed by atoms with van der Waals surface area (Å²) in [5.74, 6) is -3.14. The zero-order valence-corrected chi connectivity index (χ0v) is 32.7. The Hall–Kier alpha value is -3.02. The fourth-order valence-corrected chi connectivity index (χ4v) is 9.56. The molecule has 10 nitrogen and oxygen atoms in total. The number of fused-ring (bicyclic) bond motifs is 1. The standard InChI is InChI=1S/C40H58BrN3O7/c1-8-10-20-30(46)42-25-29(27-18-14-13-15-19-27)50-37(49)31-32-35(47)43(22-16-11-12-17-23-45)34(40(32)24-28(41)33(31)51-40)36(48)44(21-9-2)39(6,7)26-38(3,4)5/h8-9,13-15,18-19,28-29,31-34,45H,1-2,10-12,16-17,20-26H2,3-7H3,(H,42,46)/t28?,29-,31+,32-,33+,34+,40-/m1/s1. The first-order chi connectivity index (χ1) is 24.1. The molecule has 1 aromatic carbocycles. The molecule has 0 aromatic heterocycles. The Labute approximate surface area is 312 Å². The van der Waals surface area contributed by atoms with Crippen LogP contribution in [0.4, 0.5) is 0 Å². The number of nitrogens with zero attached hydrogens (tertiary/aromatic N) is 2. The summed E-state index contributed by atoms with van der Waals surface area (Å²) in [6.45, 7) is 18.9. The lowest BCUT2D eigenvalue weighted by molar-refractivity contribution is -0.160. The molecule has 3 saturated heterocycles. The number of hydrogen-bond acceptors (Lipinski definition) is 7. The molecule has 0 saturated carbocycles. The van der Waals surface area contributed by atoms with Gasteiger partial charge in [-0.05, 0) is 56.9 Å². The average Bonchev–Trinajstić information content (AvgIpc) is 3.66. The van der Waals surface area contributed by atoms with Gasteiger partial charge in [-0.3, -0.25) is 19.2 Å². The maximum atomic E-state index is 15.0. The minimum absolute atomic E-state index is 0.0614. The van der Waals surface area contributed by atoms with Crippen LogP contribution in [0.1, 0.15) is 97.7 Å². The third-order valence-corrected chi connectivity index (χ3v) is 11.2. The Bertz CT molecular complexity index is 1410. The predicted octanol–water partition coefficient (Wildman–Crippen LogP) is 5.88. The number of benzene rings is 1. The van der Waals surface area contributed by atoms with Gasteiger partial charge in [-0.1, -0.05) is 92.0 Å². The molecule has 11 heteroatoms.